The number of aryl methyl sites for hydroxylation is 2. The number of aromatic nitrogens is 4. The predicted molar refractivity (Wildman–Crippen MR) is 119 cm³/mol. The molecule has 2 aromatic heterocycles. The number of aliphatic carboxylic acids is 1. The largest absolute Gasteiger partial charge is 0.481 e. The van der Waals surface area contributed by atoms with Gasteiger partial charge in [0.15, 0.2) is 17.6 Å². The Kier molecular flexibility index (Phi) is 7.49. The summed E-state index contributed by atoms with van der Waals surface area (Å²) in [6.45, 7) is 4.19. The molecule has 3 atom stereocenters. The van der Waals surface area contributed by atoms with Gasteiger partial charge in [0, 0.05) is 24.9 Å². The van der Waals surface area contributed by atoms with Crippen LogP contribution in [-0.4, -0.2) is 49.2 Å². The average Bonchev–Trinajstić information content (AvgIpc) is 3.40. The molecule has 1 saturated carbocycles. The van der Waals surface area contributed by atoms with Gasteiger partial charge in [0.05, 0.1) is 17.3 Å². The molecular weight excluding hydrogens is 448 g/mol. The summed E-state index contributed by atoms with van der Waals surface area (Å²) < 4.78 is 33.6. The van der Waals surface area contributed by atoms with E-state index in [0.29, 0.717) is 23.4 Å². The summed E-state index contributed by atoms with van der Waals surface area (Å²) in [6, 6.07) is 3.38. The number of nitrogens with zero attached hydrogens (tertiary/aromatic N) is 4. The minimum atomic E-state index is -3.15. The first kappa shape index (κ1) is 25.1. The lowest BCUT2D eigenvalue weighted by molar-refractivity contribution is -0.142. The fourth-order valence-electron chi connectivity index (χ4n) is 3.75. The summed E-state index contributed by atoms with van der Waals surface area (Å²) in [6.07, 6.45) is -0.911. The summed E-state index contributed by atoms with van der Waals surface area (Å²) in [5, 5.41) is 19.6. The second kappa shape index (κ2) is 10.2. The van der Waals surface area contributed by atoms with Crippen LogP contribution in [0.1, 0.15) is 50.8 Å². The molecule has 1 amide bonds. The van der Waals surface area contributed by atoms with Gasteiger partial charge in [-0.25, -0.2) is 23.2 Å². The highest BCUT2D eigenvalue weighted by Crippen LogP contribution is 2.32. The number of anilines is 1. The highest BCUT2D eigenvalue weighted by Gasteiger charge is 2.37. The number of carbonyl (C=O) groups is 2. The van der Waals surface area contributed by atoms with E-state index in [-0.39, 0.29) is 17.4 Å². The molecule has 0 aromatic carbocycles. The maximum atomic E-state index is 13.7. The molecule has 34 heavy (non-hydrogen) atoms. The first-order chi connectivity index (χ1) is 16.0. The lowest BCUT2D eigenvalue weighted by Crippen LogP contribution is -2.36. The van der Waals surface area contributed by atoms with Gasteiger partial charge in [-0.3, -0.25) is 10.1 Å². The zero-order chi connectivity index (χ0) is 25.0. The highest BCUT2D eigenvalue weighted by atomic mass is 19.3. The van der Waals surface area contributed by atoms with Crippen molar-refractivity contribution in [3.05, 3.63) is 23.4 Å². The summed E-state index contributed by atoms with van der Waals surface area (Å²) in [5.41, 5.74) is 1.86. The number of carboxylic acids is 1. The van der Waals surface area contributed by atoms with E-state index in [1.165, 1.54) is 18.7 Å². The van der Waals surface area contributed by atoms with E-state index < -0.39 is 36.4 Å². The summed E-state index contributed by atoms with van der Waals surface area (Å²) >= 11 is 0. The Hall–Kier alpha value is -3.55. The van der Waals surface area contributed by atoms with Crippen molar-refractivity contribution >= 4 is 17.9 Å². The van der Waals surface area contributed by atoms with Gasteiger partial charge in [-0.2, -0.15) is 0 Å². The molecule has 0 aliphatic heterocycles. The summed E-state index contributed by atoms with van der Waals surface area (Å²) in [5.74, 6) is 1.62. The number of carboxylic acid groups (broad SMARTS) is 1. The first-order valence-corrected chi connectivity index (χ1v) is 11.0. The molecule has 1 aliphatic carbocycles. The lowest BCUT2D eigenvalue weighted by atomic mass is 9.96. The zero-order valence-corrected chi connectivity index (χ0v) is 19.4. The van der Waals surface area contributed by atoms with Crippen molar-refractivity contribution in [2.24, 2.45) is 18.9 Å². The lowest BCUT2D eigenvalue weighted by Gasteiger charge is -2.22. The van der Waals surface area contributed by atoms with Crippen LogP contribution >= 0.6 is 0 Å². The number of hydrogen-bond donors (Lipinski definition) is 2. The van der Waals surface area contributed by atoms with Gasteiger partial charge >= 0.3 is 12.1 Å². The molecule has 1 aliphatic rings. The van der Waals surface area contributed by atoms with Gasteiger partial charge < -0.3 is 9.84 Å². The monoisotopic (exact) mass is 475 g/mol. The van der Waals surface area contributed by atoms with Crippen molar-refractivity contribution in [3.63, 3.8) is 0 Å². The van der Waals surface area contributed by atoms with Crippen molar-refractivity contribution in [2.45, 2.75) is 58.5 Å². The van der Waals surface area contributed by atoms with E-state index in [0.717, 1.165) is 19.8 Å². The molecule has 2 heterocycles. The third-order valence-electron chi connectivity index (χ3n) is 5.95. The normalized spacial score (nSPS) is 18.6. The van der Waals surface area contributed by atoms with E-state index in [4.69, 9.17) is 4.74 Å². The maximum absolute atomic E-state index is 13.7. The number of halogens is 2. The molecule has 9 nitrogen and oxygen atoms in total. The van der Waals surface area contributed by atoms with Crippen molar-refractivity contribution < 1.29 is 28.2 Å². The van der Waals surface area contributed by atoms with Crippen molar-refractivity contribution in [2.75, 3.05) is 5.32 Å². The van der Waals surface area contributed by atoms with E-state index in [9.17, 15) is 23.5 Å². The Bertz CT molecular complexity index is 1140. The van der Waals surface area contributed by atoms with Crippen LogP contribution in [0.3, 0.4) is 0 Å². The fourth-order valence-corrected chi connectivity index (χ4v) is 3.75. The van der Waals surface area contributed by atoms with Crippen molar-refractivity contribution in [1.29, 1.82) is 0 Å². The van der Waals surface area contributed by atoms with Gasteiger partial charge in [-0.05, 0) is 38.8 Å². The molecular formula is C23H27F2N5O4. The van der Waals surface area contributed by atoms with Crippen LogP contribution in [0.4, 0.5) is 19.4 Å². The van der Waals surface area contributed by atoms with Crippen LogP contribution in [0.25, 0.3) is 11.4 Å². The number of carbonyl (C=O) groups excluding carboxylic acids is 1. The molecule has 3 rings (SSSR count). The van der Waals surface area contributed by atoms with Crippen molar-refractivity contribution in [3.8, 4) is 23.2 Å². The van der Waals surface area contributed by atoms with Crippen LogP contribution < -0.4 is 5.32 Å². The molecule has 1 fully saturated rings. The molecule has 0 saturated heterocycles. The molecule has 0 spiro atoms. The van der Waals surface area contributed by atoms with E-state index >= 15 is 0 Å². The molecule has 0 bridgehead atoms. The van der Waals surface area contributed by atoms with Crippen LogP contribution in [0.15, 0.2) is 12.1 Å². The Morgan fingerprint density at radius 1 is 1.38 bits per heavy atom. The average molecular weight is 475 g/mol. The number of alkyl halides is 2. The Labute approximate surface area is 195 Å². The number of rotatable bonds is 6. The highest BCUT2D eigenvalue weighted by molar-refractivity contribution is 5.88. The molecule has 2 aromatic rings. The van der Waals surface area contributed by atoms with Crippen molar-refractivity contribution in [1.82, 2.24) is 20.0 Å². The number of nitrogens with one attached hydrogen (secondary N) is 1. The second-order valence-corrected chi connectivity index (χ2v) is 8.28. The molecule has 0 unspecified atom stereocenters. The maximum Gasteiger partial charge on any atom is 0.413 e. The minimum Gasteiger partial charge on any atom is -0.481 e. The molecule has 2 N–H and O–H groups in total. The van der Waals surface area contributed by atoms with E-state index in [1.54, 1.807) is 19.1 Å². The number of pyridine rings is 1. The SMILES string of the molecule is CCC(F)(F)[C@@H](C)OC(=O)Nc1c(-c2ccc(C#C[C@@H]3CCC[C@H]3C(=O)O)c(C)n2)nnn1C. The van der Waals surface area contributed by atoms with E-state index in [1.807, 2.05) is 0 Å². The topological polar surface area (TPSA) is 119 Å². The zero-order valence-electron chi connectivity index (χ0n) is 19.4. The van der Waals surface area contributed by atoms with Gasteiger partial charge in [-0.1, -0.05) is 30.4 Å². The quantitative estimate of drug-likeness (QED) is 0.606. The Morgan fingerprint density at radius 2 is 2.12 bits per heavy atom. The Morgan fingerprint density at radius 3 is 2.76 bits per heavy atom. The van der Waals surface area contributed by atoms with Gasteiger partial charge in [0.2, 0.25) is 0 Å². The van der Waals surface area contributed by atoms with Gasteiger partial charge in [0.1, 0.15) is 0 Å². The third-order valence-corrected chi connectivity index (χ3v) is 5.95. The molecule has 11 heteroatoms. The van der Waals surface area contributed by atoms with E-state index in [2.05, 4.69) is 32.5 Å². The third kappa shape index (κ3) is 5.50. The standard InChI is InChI=1S/C23H27F2N5O4/c1-5-23(24,25)14(3)34-22(33)27-20-19(28-29-30(20)4)18-12-11-15(13(2)26-18)9-10-16-7-6-8-17(16)21(31)32/h11-12,14,16-17H,5-8H2,1-4H3,(H,27,33)(H,31,32)/t14-,16+,17-/m1/s1. The van der Waals surface area contributed by atoms with Gasteiger partial charge in [-0.15, -0.1) is 5.10 Å². The Balaban J connectivity index is 1.78. The first-order valence-electron chi connectivity index (χ1n) is 11.0. The minimum absolute atomic E-state index is 0.137. The van der Waals surface area contributed by atoms with Gasteiger partial charge in [0.25, 0.3) is 5.92 Å². The second-order valence-electron chi connectivity index (χ2n) is 8.28. The molecule has 182 valence electrons. The summed E-state index contributed by atoms with van der Waals surface area (Å²) in [7, 11) is 1.53. The van der Waals surface area contributed by atoms with Crippen LogP contribution in [0.5, 0.6) is 0 Å². The number of amides is 1. The fraction of sp³-hybridized carbons (Fsp3) is 0.522. The number of hydrogen-bond acceptors (Lipinski definition) is 6. The number of ether oxygens (including phenoxy) is 1. The molecule has 0 radical (unpaired) electrons. The van der Waals surface area contributed by atoms with Crippen LogP contribution in [-0.2, 0) is 16.6 Å². The van der Waals surface area contributed by atoms with Crippen LogP contribution in [0.2, 0.25) is 0 Å². The summed E-state index contributed by atoms with van der Waals surface area (Å²) in [4.78, 5) is 28.1. The smallest absolute Gasteiger partial charge is 0.413 e. The van der Waals surface area contributed by atoms with Crippen LogP contribution in [0, 0.1) is 30.6 Å². The predicted octanol–water partition coefficient (Wildman–Crippen LogP) is 4.02.